The van der Waals surface area contributed by atoms with Crippen LogP contribution in [0.5, 0.6) is 0 Å². The maximum Gasteiger partial charge on any atom is 0.262 e. The molecule has 1 aromatic heterocycles. The van der Waals surface area contributed by atoms with Crippen molar-refractivity contribution in [3.8, 4) is 0 Å². The first-order chi connectivity index (χ1) is 11.0. The van der Waals surface area contributed by atoms with Gasteiger partial charge >= 0.3 is 0 Å². The van der Waals surface area contributed by atoms with Crippen LogP contribution < -0.4 is 5.32 Å². The molecule has 0 saturated carbocycles. The van der Waals surface area contributed by atoms with E-state index in [1.54, 1.807) is 11.8 Å². The Bertz CT molecular complexity index is 637. The molecule has 0 spiro atoms. The zero-order chi connectivity index (χ0) is 16.9. The van der Waals surface area contributed by atoms with Crippen LogP contribution in [0, 0.1) is 5.41 Å². The summed E-state index contributed by atoms with van der Waals surface area (Å²) >= 11 is 3.04. The largest absolute Gasteiger partial charge is 0.396 e. The van der Waals surface area contributed by atoms with Crippen LogP contribution in [0.2, 0.25) is 0 Å². The molecule has 1 aromatic carbocycles. The van der Waals surface area contributed by atoms with Crippen molar-refractivity contribution in [2.45, 2.75) is 24.7 Å². The maximum atomic E-state index is 12.5. The van der Waals surface area contributed by atoms with E-state index in [1.807, 2.05) is 61.9 Å². The Balaban J connectivity index is 2.14. The highest BCUT2D eigenvalue weighted by Gasteiger charge is 2.30. The fourth-order valence-corrected chi connectivity index (χ4v) is 4.21. The van der Waals surface area contributed by atoms with Gasteiger partial charge in [-0.05, 0) is 28.7 Å². The van der Waals surface area contributed by atoms with Crippen molar-refractivity contribution < 1.29 is 9.90 Å². The Hall–Kier alpha value is -1.30. The van der Waals surface area contributed by atoms with E-state index < -0.39 is 0 Å². The molecule has 1 amide bonds. The van der Waals surface area contributed by atoms with Crippen molar-refractivity contribution in [3.63, 3.8) is 0 Å². The molecule has 5 heteroatoms. The minimum Gasteiger partial charge on any atom is -0.396 e. The van der Waals surface area contributed by atoms with Crippen LogP contribution in [-0.2, 0) is 0 Å². The number of nitrogens with one attached hydrogen (secondary N) is 1. The molecule has 1 atom stereocenters. The Morgan fingerprint density at radius 1 is 1.30 bits per heavy atom. The summed E-state index contributed by atoms with van der Waals surface area (Å²) in [6, 6.07) is 12.0. The molecule has 0 saturated heterocycles. The topological polar surface area (TPSA) is 49.3 Å². The van der Waals surface area contributed by atoms with E-state index in [4.69, 9.17) is 0 Å². The molecular formula is C18H23NO2S2. The molecule has 2 N–H and O–H groups in total. The van der Waals surface area contributed by atoms with Gasteiger partial charge in [0.2, 0.25) is 0 Å². The monoisotopic (exact) mass is 349 g/mol. The number of thioether (sulfide) groups is 1. The highest BCUT2D eigenvalue weighted by atomic mass is 32.2. The van der Waals surface area contributed by atoms with Gasteiger partial charge in [0, 0.05) is 24.0 Å². The van der Waals surface area contributed by atoms with Gasteiger partial charge in [0.05, 0.1) is 0 Å². The lowest BCUT2D eigenvalue weighted by atomic mass is 9.75. The number of thiophene rings is 1. The molecule has 1 heterocycles. The molecule has 0 aliphatic heterocycles. The third-order valence-corrected chi connectivity index (χ3v) is 5.90. The van der Waals surface area contributed by atoms with Crippen LogP contribution in [-0.4, -0.2) is 30.4 Å². The van der Waals surface area contributed by atoms with Crippen LogP contribution in [0.15, 0.2) is 46.7 Å². The summed E-state index contributed by atoms with van der Waals surface area (Å²) in [6.07, 6.45) is 1.97. The van der Waals surface area contributed by atoms with Gasteiger partial charge in [-0.2, -0.15) is 0 Å². The van der Waals surface area contributed by atoms with E-state index >= 15 is 0 Å². The second kappa shape index (κ2) is 7.99. The average Bonchev–Trinajstić information content (AvgIpc) is 3.04. The van der Waals surface area contributed by atoms with E-state index in [2.05, 4.69) is 5.32 Å². The maximum absolute atomic E-state index is 12.5. The first kappa shape index (κ1) is 18.0. The summed E-state index contributed by atoms with van der Waals surface area (Å²) in [7, 11) is 0. The molecule has 0 radical (unpaired) electrons. The Labute approximate surface area is 146 Å². The van der Waals surface area contributed by atoms with Crippen LogP contribution in [0.1, 0.15) is 35.0 Å². The third kappa shape index (κ3) is 4.37. The number of amides is 1. The summed E-state index contributed by atoms with van der Waals surface area (Å²) in [6.45, 7) is 4.62. The minimum absolute atomic E-state index is 0.0426. The minimum atomic E-state index is -0.313. The first-order valence-electron chi connectivity index (χ1n) is 7.55. The second-order valence-electron chi connectivity index (χ2n) is 6.14. The number of hydrogen-bond acceptors (Lipinski definition) is 4. The molecule has 2 rings (SSSR count). The van der Waals surface area contributed by atoms with Crippen molar-refractivity contribution in [2.24, 2.45) is 5.41 Å². The highest BCUT2D eigenvalue weighted by molar-refractivity contribution is 7.98. The molecule has 0 aliphatic carbocycles. The van der Waals surface area contributed by atoms with E-state index in [-0.39, 0.29) is 23.8 Å². The molecule has 124 valence electrons. The summed E-state index contributed by atoms with van der Waals surface area (Å²) in [5.41, 5.74) is 0.815. The zero-order valence-corrected chi connectivity index (χ0v) is 15.3. The smallest absolute Gasteiger partial charge is 0.262 e. The fourth-order valence-electron chi connectivity index (χ4n) is 2.54. The van der Waals surface area contributed by atoms with Crippen molar-refractivity contribution in [2.75, 3.05) is 19.4 Å². The number of benzene rings is 1. The normalized spacial score (nSPS) is 12.9. The Morgan fingerprint density at radius 2 is 2.00 bits per heavy atom. The van der Waals surface area contributed by atoms with Gasteiger partial charge in [-0.15, -0.1) is 23.1 Å². The third-order valence-electron chi connectivity index (χ3n) is 4.07. The van der Waals surface area contributed by atoms with E-state index in [9.17, 15) is 9.90 Å². The molecular weight excluding hydrogens is 326 g/mol. The number of carbonyl (C=O) groups excluding carboxylic acids is 1. The van der Waals surface area contributed by atoms with Gasteiger partial charge in [0.1, 0.15) is 4.88 Å². The van der Waals surface area contributed by atoms with Crippen molar-refractivity contribution >= 4 is 29.0 Å². The molecule has 2 aromatic rings. The van der Waals surface area contributed by atoms with E-state index in [0.29, 0.717) is 6.54 Å². The molecule has 0 aliphatic rings. The molecule has 3 nitrogen and oxygen atoms in total. The van der Waals surface area contributed by atoms with Crippen LogP contribution >= 0.6 is 23.1 Å². The van der Waals surface area contributed by atoms with Gasteiger partial charge in [-0.25, -0.2) is 0 Å². The van der Waals surface area contributed by atoms with Gasteiger partial charge in [-0.3, -0.25) is 4.79 Å². The standard InChI is InChI=1S/C18H23NO2S2/c1-18(2,12-20)14(13-7-5-4-6-8-13)11-19-17(21)16-15(22-3)9-10-23-16/h4-10,14,20H,11-12H2,1-3H3,(H,19,21)/t14-/m0/s1. The molecule has 0 unspecified atom stereocenters. The van der Waals surface area contributed by atoms with Gasteiger partial charge in [0.15, 0.2) is 0 Å². The van der Waals surface area contributed by atoms with Gasteiger partial charge < -0.3 is 10.4 Å². The number of aliphatic hydroxyl groups is 1. The van der Waals surface area contributed by atoms with Crippen molar-refractivity contribution in [3.05, 3.63) is 52.2 Å². The number of hydrogen-bond donors (Lipinski definition) is 2. The fraction of sp³-hybridized carbons (Fsp3) is 0.389. The van der Waals surface area contributed by atoms with Crippen molar-refractivity contribution in [1.82, 2.24) is 5.32 Å². The summed E-state index contributed by atoms with van der Waals surface area (Å²) in [4.78, 5) is 14.2. The highest BCUT2D eigenvalue weighted by Crippen LogP contribution is 2.35. The van der Waals surface area contributed by atoms with Crippen LogP contribution in [0.3, 0.4) is 0 Å². The van der Waals surface area contributed by atoms with Gasteiger partial charge in [0.25, 0.3) is 5.91 Å². The number of aliphatic hydroxyl groups excluding tert-OH is 1. The quantitative estimate of drug-likeness (QED) is 0.743. The lowest BCUT2D eigenvalue weighted by molar-refractivity contribution is 0.0921. The van der Waals surface area contributed by atoms with Crippen molar-refractivity contribution in [1.29, 1.82) is 0 Å². The lowest BCUT2D eigenvalue weighted by Crippen LogP contribution is -2.36. The Kier molecular flexibility index (Phi) is 6.27. The summed E-state index contributed by atoms with van der Waals surface area (Å²) < 4.78 is 0. The molecule has 0 bridgehead atoms. The average molecular weight is 350 g/mol. The van der Waals surface area contributed by atoms with Crippen LogP contribution in [0.25, 0.3) is 0 Å². The Morgan fingerprint density at radius 3 is 2.61 bits per heavy atom. The number of rotatable bonds is 7. The molecule has 23 heavy (non-hydrogen) atoms. The van der Waals surface area contributed by atoms with E-state index in [1.165, 1.54) is 11.3 Å². The second-order valence-corrected chi connectivity index (χ2v) is 7.90. The lowest BCUT2D eigenvalue weighted by Gasteiger charge is -2.33. The predicted molar refractivity (Wildman–Crippen MR) is 98.5 cm³/mol. The SMILES string of the molecule is CSc1ccsc1C(=O)NC[C@@H](c1ccccc1)C(C)(C)CO. The summed E-state index contributed by atoms with van der Waals surface area (Å²) in [5.74, 6) is 0.00867. The summed E-state index contributed by atoms with van der Waals surface area (Å²) in [5, 5.41) is 14.7. The predicted octanol–water partition coefficient (Wildman–Crippen LogP) is 4.00. The van der Waals surface area contributed by atoms with Crippen LogP contribution in [0.4, 0.5) is 0 Å². The van der Waals surface area contributed by atoms with Gasteiger partial charge in [-0.1, -0.05) is 44.2 Å². The zero-order valence-electron chi connectivity index (χ0n) is 13.7. The first-order valence-corrected chi connectivity index (χ1v) is 9.65. The van der Waals surface area contributed by atoms with E-state index in [0.717, 1.165) is 15.3 Å². The molecule has 0 fully saturated rings. The number of carbonyl (C=O) groups is 1.